The topological polar surface area (TPSA) is 86.9 Å². The number of nitrogens with zero attached hydrogens (tertiary/aromatic N) is 1. The van der Waals surface area contributed by atoms with E-state index >= 15 is 0 Å². The van der Waals surface area contributed by atoms with E-state index in [1.165, 1.54) is 7.05 Å². The van der Waals surface area contributed by atoms with Crippen LogP contribution in [0.2, 0.25) is 0 Å². The Labute approximate surface area is 112 Å². The highest BCUT2D eigenvalue weighted by Gasteiger charge is 2.15. The average molecular weight is 280 g/mol. The lowest BCUT2D eigenvalue weighted by Crippen LogP contribution is -2.20. The summed E-state index contributed by atoms with van der Waals surface area (Å²) in [6, 6.07) is 6.79. The molecule has 0 unspecified atom stereocenters. The van der Waals surface area contributed by atoms with E-state index in [9.17, 15) is 8.42 Å². The summed E-state index contributed by atoms with van der Waals surface area (Å²) in [5.41, 5.74) is 2.52. The maximum Gasteiger partial charge on any atom is 0.242 e. The van der Waals surface area contributed by atoms with Gasteiger partial charge in [0, 0.05) is 17.8 Å². The van der Waals surface area contributed by atoms with Crippen molar-refractivity contribution in [1.82, 2.24) is 14.9 Å². The molecule has 0 atom stereocenters. The molecule has 0 radical (unpaired) electrons. The van der Waals surface area contributed by atoms with E-state index in [1.54, 1.807) is 30.5 Å². The lowest BCUT2D eigenvalue weighted by atomic mass is 10.2. The molecule has 0 aliphatic rings. The zero-order valence-corrected chi connectivity index (χ0v) is 11.6. The molecule has 0 bridgehead atoms. The van der Waals surface area contributed by atoms with Crippen LogP contribution in [0.5, 0.6) is 0 Å². The third-order valence-corrected chi connectivity index (χ3v) is 4.32. The molecule has 1 aromatic heterocycles. The highest BCUT2D eigenvalue weighted by molar-refractivity contribution is 7.89. The number of sulfonamides is 1. The van der Waals surface area contributed by atoms with Gasteiger partial charge in [-0.1, -0.05) is 12.1 Å². The molecular weight excluding hydrogens is 264 g/mol. The molecule has 1 aromatic carbocycles. The third kappa shape index (κ3) is 2.94. The third-order valence-electron chi connectivity index (χ3n) is 2.85. The second-order valence-electron chi connectivity index (χ2n) is 4.08. The van der Waals surface area contributed by atoms with Gasteiger partial charge < -0.3 is 5.32 Å². The number of anilines is 1. The fourth-order valence-corrected chi connectivity index (χ4v) is 2.61. The molecule has 0 spiro atoms. The maximum atomic E-state index is 11.9. The van der Waals surface area contributed by atoms with Crippen LogP contribution in [-0.4, -0.2) is 25.7 Å². The smallest absolute Gasteiger partial charge is 0.242 e. The Morgan fingerprint density at radius 1 is 1.32 bits per heavy atom. The first-order chi connectivity index (χ1) is 9.04. The molecule has 2 aromatic rings. The van der Waals surface area contributed by atoms with Gasteiger partial charge in [-0.3, -0.25) is 5.10 Å². The van der Waals surface area contributed by atoms with Crippen LogP contribution in [-0.2, 0) is 16.6 Å². The van der Waals surface area contributed by atoms with E-state index in [0.29, 0.717) is 12.2 Å². The SMILES string of the molecule is CNS(=O)(=O)c1ccccc1NCc1cn[nH]c1C. The van der Waals surface area contributed by atoms with Crippen molar-refractivity contribution in [2.45, 2.75) is 18.4 Å². The van der Waals surface area contributed by atoms with Crippen LogP contribution in [0, 0.1) is 6.92 Å². The molecule has 0 aliphatic heterocycles. The van der Waals surface area contributed by atoms with Gasteiger partial charge in [0.2, 0.25) is 10.0 Å². The molecule has 6 nitrogen and oxygen atoms in total. The molecular formula is C12H16N4O2S. The van der Waals surface area contributed by atoms with Crippen molar-refractivity contribution < 1.29 is 8.42 Å². The Morgan fingerprint density at radius 3 is 2.68 bits per heavy atom. The molecule has 0 fully saturated rings. The first-order valence-electron chi connectivity index (χ1n) is 5.80. The van der Waals surface area contributed by atoms with Crippen LogP contribution < -0.4 is 10.0 Å². The minimum atomic E-state index is -3.47. The van der Waals surface area contributed by atoms with Crippen molar-refractivity contribution in [2.24, 2.45) is 0 Å². The predicted molar refractivity (Wildman–Crippen MR) is 73.3 cm³/mol. The summed E-state index contributed by atoms with van der Waals surface area (Å²) in [7, 11) is -2.07. The Morgan fingerprint density at radius 2 is 2.05 bits per heavy atom. The molecule has 0 amide bonds. The van der Waals surface area contributed by atoms with E-state index in [1.807, 2.05) is 6.92 Å². The summed E-state index contributed by atoms with van der Waals surface area (Å²) in [6.07, 6.45) is 1.72. The van der Waals surface area contributed by atoms with Crippen molar-refractivity contribution in [1.29, 1.82) is 0 Å². The minimum absolute atomic E-state index is 0.235. The van der Waals surface area contributed by atoms with Crippen molar-refractivity contribution in [2.75, 3.05) is 12.4 Å². The Kier molecular flexibility index (Phi) is 3.87. The van der Waals surface area contributed by atoms with Crippen molar-refractivity contribution in [3.8, 4) is 0 Å². The molecule has 0 aliphatic carbocycles. The largest absolute Gasteiger partial charge is 0.380 e. The molecule has 7 heteroatoms. The zero-order chi connectivity index (χ0) is 13.9. The highest BCUT2D eigenvalue weighted by Crippen LogP contribution is 2.21. The quantitative estimate of drug-likeness (QED) is 0.769. The van der Waals surface area contributed by atoms with Crippen LogP contribution in [0.25, 0.3) is 0 Å². The monoisotopic (exact) mass is 280 g/mol. The van der Waals surface area contributed by atoms with Gasteiger partial charge in [-0.25, -0.2) is 13.1 Å². The van der Waals surface area contributed by atoms with Crippen LogP contribution in [0.3, 0.4) is 0 Å². The standard InChI is InChI=1S/C12H16N4O2S/c1-9-10(8-15-16-9)7-14-11-5-3-4-6-12(11)19(17,18)13-2/h3-6,8,13-14H,7H2,1-2H3,(H,15,16). The van der Waals surface area contributed by atoms with Crippen molar-refractivity contribution >= 4 is 15.7 Å². The second kappa shape index (κ2) is 5.41. The molecule has 1 heterocycles. The van der Waals surface area contributed by atoms with Gasteiger partial charge >= 0.3 is 0 Å². The predicted octanol–water partition coefficient (Wildman–Crippen LogP) is 1.24. The number of rotatable bonds is 5. The number of nitrogens with one attached hydrogen (secondary N) is 3. The van der Waals surface area contributed by atoms with Gasteiger partial charge in [-0.2, -0.15) is 5.10 Å². The fraction of sp³-hybridized carbons (Fsp3) is 0.250. The number of hydrogen-bond donors (Lipinski definition) is 3. The lowest BCUT2D eigenvalue weighted by molar-refractivity contribution is 0.588. The number of benzene rings is 1. The van der Waals surface area contributed by atoms with Gasteiger partial charge in [0.15, 0.2) is 0 Å². The van der Waals surface area contributed by atoms with E-state index in [2.05, 4.69) is 20.2 Å². The summed E-state index contributed by atoms with van der Waals surface area (Å²) >= 11 is 0. The first kappa shape index (κ1) is 13.6. The number of hydrogen-bond acceptors (Lipinski definition) is 4. The fourth-order valence-electron chi connectivity index (χ4n) is 1.70. The molecule has 19 heavy (non-hydrogen) atoms. The van der Waals surface area contributed by atoms with Gasteiger partial charge in [0.1, 0.15) is 4.90 Å². The Balaban J connectivity index is 2.24. The molecule has 0 saturated carbocycles. The zero-order valence-electron chi connectivity index (χ0n) is 10.8. The molecule has 2 rings (SSSR count). The second-order valence-corrected chi connectivity index (χ2v) is 5.93. The van der Waals surface area contributed by atoms with Crippen LogP contribution >= 0.6 is 0 Å². The van der Waals surface area contributed by atoms with E-state index < -0.39 is 10.0 Å². The van der Waals surface area contributed by atoms with Crippen molar-refractivity contribution in [3.05, 3.63) is 41.7 Å². The van der Waals surface area contributed by atoms with Crippen LogP contribution in [0.15, 0.2) is 35.4 Å². The molecule has 0 saturated heterocycles. The van der Waals surface area contributed by atoms with E-state index in [-0.39, 0.29) is 4.90 Å². The van der Waals surface area contributed by atoms with Gasteiger partial charge in [0.05, 0.1) is 11.9 Å². The molecule has 3 N–H and O–H groups in total. The number of aryl methyl sites for hydroxylation is 1. The lowest BCUT2D eigenvalue weighted by Gasteiger charge is -2.11. The Bertz CT molecular complexity index is 664. The number of para-hydroxylation sites is 1. The Hall–Kier alpha value is -1.86. The minimum Gasteiger partial charge on any atom is -0.380 e. The summed E-state index contributed by atoms with van der Waals surface area (Å²) in [5.74, 6) is 0. The van der Waals surface area contributed by atoms with Crippen LogP contribution in [0.4, 0.5) is 5.69 Å². The van der Waals surface area contributed by atoms with Crippen LogP contribution in [0.1, 0.15) is 11.3 Å². The summed E-state index contributed by atoms with van der Waals surface area (Å²) in [4.78, 5) is 0.235. The summed E-state index contributed by atoms with van der Waals surface area (Å²) in [6.45, 7) is 2.43. The van der Waals surface area contributed by atoms with Crippen molar-refractivity contribution in [3.63, 3.8) is 0 Å². The summed E-state index contributed by atoms with van der Waals surface area (Å²) < 4.78 is 26.1. The number of aromatic amines is 1. The van der Waals surface area contributed by atoms with E-state index in [4.69, 9.17) is 0 Å². The van der Waals surface area contributed by atoms with Gasteiger partial charge in [-0.15, -0.1) is 0 Å². The van der Waals surface area contributed by atoms with Gasteiger partial charge in [0.25, 0.3) is 0 Å². The highest BCUT2D eigenvalue weighted by atomic mass is 32.2. The maximum absolute atomic E-state index is 11.9. The number of H-pyrrole nitrogens is 1. The van der Waals surface area contributed by atoms with E-state index in [0.717, 1.165) is 11.3 Å². The molecule has 102 valence electrons. The summed E-state index contributed by atoms with van der Waals surface area (Å²) in [5, 5.41) is 9.88. The van der Waals surface area contributed by atoms with Gasteiger partial charge in [-0.05, 0) is 26.1 Å². The average Bonchev–Trinajstić information content (AvgIpc) is 2.82. The first-order valence-corrected chi connectivity index (χ1v) is 7.28. The number of aromatic nitrogens is 2. The normalized spacial score (nSPS) is 11.5.